The summed E-state index contributed by atoms with van der Waals surface area (Å²) < 4.78 is 11.8. The molecular formula is C19H15ClO3. The van der Waals surface area contributed by atoms with Crippen LogP contribution in [0, 0.1) is 0 Å². The van der Waals surface area contributed by atoms with Gasteiger partial charge in [-0.15, -0.1) is 11.6 Å². The zero-order valence-corrected chi connectivity index (χ0v) is 13.0. The molecule has 0 aliphatic heterocycles. The van der Waals surface area contributed by atoms with Crippen molar-refractivity contribution in [1.29, 1.82) is 0 Å². The fourth-order valence-electron chi connectivity index (χ4n) is 2.16. The van der Waals surface area contributed by atoms with Gasteiger partial charge in [0.25, 0.3) is 0 Å². The van der Waals surface area contributed by atoms with Crippen LogP contribution in [0.1, 0.15) is 5.56 Å². The Labute approximate surface area is 139 Å². The van der Waals surface area contributed by atoms with E-state index in [0.717, 1.165) is 0 Å². The molecule has 0 atom stereocenters. The van der Waals surface area contributed by atoms with Gasteiger partial charge in [-0.05, 0) is 30.3 Å². The SMILES string of the molecule is Oc1cc(CCl)c(Oc2ccccc2)c(Oc2ccccc2)c1. The van der Waals surface area contributed by atoms with Crippen LogP contribution in [0.15, 0.2) is 72.8 Å². The normalized spacial score (nSPS) is 10.3. The van der Waals surface area contributed by atoms with Crippen molar-refractivity contribution in [2.24, 2.45) is 0 Å². The lowest BCUT2D eigenvalue weighted by atomic mass is 10.2. The van der Waals surface area contributed by atoms with Gasteiger partial charge < -0.3 is 14.6 Å². The molecule has 4 heteroatoms. The average molecular weight is 327 g/mol. The molecule has 116 valence electrons. The van der Waals surface area contributed by atoms with Crippen LogP contribution in [0.3, 0.4) is 0 Å². The van der Waals surface area contributed by atoms with Crippen LogP contribution in [-0.4, -0.2) is 5.11 Å². The number of hydrogen-bond donors (Lipinski definition) is 1. The Kier molecular flexibility index (Phi) is 4.69. The summed E-state index contributed by atoms with van der Waals surface area (Å²) >= 11 is 6.00. The summed E-state index contributed by atoms with van der Waals surface area (Å²) in [5.74, 6) is 2.50. The van der Waals surface area contributed by atoms with Crippen molar-refractivity contribution in [2.45, 2.75) is 5.88 Å². The molecule has 3 rings (SSSR count). The highest BCUT2D eigenvalue weighted by molar-refractivity contribution is 6.17. The highest BCUT2D eigenvalue weighted by atomic mass is 35.5. The molecule has 0 bridgehead atoms. The summed E-state index contributed by atoms with van der Waals surface area (Å²) in [4.78, 5) is 0. The minimum atomic E-state index is 0.0759. The summed E-state index contributed by atoms with van der Waals surface area (Å²) in [7, 11) is 0. The predicted octanol–water partition coefficient (Wildman–Crippen LogP) is 5.72. The number of benzene rings is 3. The Morgan fingerprint density at radius 2 is 1.35 bits per heavy atom. The van der Waals surface area contributed by atoms with E-state index in [-0.39, 0.29) is 11.6 Å². The molecule has 0 spiro atoms. The molecule has 0 aromatic heterocycles. The third kappa shape index (κ3) is 3.76. The quantitative estimate of drug-likeness (QED) is 0.610. The van der Waals surface area contributed by atoms with Crippen LogP contribution >= 0.6 is 11.6 Å². The zero-order valence-electron chi connectivity index (χ0n) is 12.3. The third-order valence-electron chi connectivity index (χ3n) is 3.19. The first-order valence-electron chi connectivity index (χ1n) is 7.14. The van der Waals surface area contributed by atoms with E-state index in [1.807, 2.05) is 60.7 Å². The van der Waals surface area contributed by atoms with E-state index < -0.39 is 0 Å². The van der Waals surface area contributed by atoms with Gasteiger partial charge in [-0.3, -0.25) is 0 Å². The Morgan fingerprint density at radius 3 is 1.91 bits per heavy atom. The summed E-state index contributed by atoms with van der Waals surface area (Å²) in [5, 5.41) is 9.90. The number of alkyl halides is 1. The van der Waals surface area contributed by atoms with Crippen LogP contribution in [-0.2, 0) is 5.88 Å². The zero-order chi connectivity index (χ0) is 16.1. The van der Waals surface area contributed by atoms with Gasteiger partial charge in [0, 0.05) is 11.6 Å². The van der Waals surface area contributed by atoms with E-state index in [4.69, 9.17) is 21.1 Å². The van der Waals surface area contributed by atoms with E-state index in [1.54, 1.807) is 6.07 Å². The molecule has 0 saturated carbocycles. The van der Waals surface area contributed by atoms with Crippen molar-refractivity contribution < 1.29 is 14.6 Å². The van der Waals surface area contributed by atoms with Crippen molar-refractivity contribution >= 4 is 11.6 Å². The Bertz CT molecular complexity index is 773. The van der Waals surface area contributed by atoms with Crippen molar-refractivity contribution in [3.8, 4) is 28.7 Å². The van der Waals surface area contributed by atoms with Crippen molar-refractivity contribution in [3.05, 3.63) is 78.4 Å². The Balaban J connectivity index is 2.01. The van der Waals surface area contributed by atoms with Gasteiger partial charge in [0.15, 0.2) is 11.5 Å². The van der Waals surface area contributed by atoms with Crippen molar-refractivity contribution in [2.75, 3.05) is 0 Å². The maximum absolute atomic E-state index is 9.90. The summed E-state index contributed by atoms with van der Waals surface area (Å²) in [5.41, 5.74) is 0.654. The minimum absolute atomic E-state index is 0.0759. The smallest absolute Gasteiger partial charge is 0.174 e. The molecule has 0 fully saturated rings. The third-order valence-corrected chi connectivity index (χ3v) is 3.48. The van der Waals surface area contributed by atoms with Gasteiger partial charge in [0.05, 0.1) is 5.88 Å². The lowest BCUT2D eigenvalue weighted by Gasteiger charge is -2.16. The lowest BCUT2D eigenvalue weighted by molar-refractivity contribution is 0.407. The molecule has 0 aliphatic rings. The van der Waals surface area contributed by atoms with Gasteiger partial charge in [0.2, 0.25) is 0 Å². The lowest BCUT2D eigenvalue weighted by Crippen LogP contribution is -1.94. The molecular weight excluding hydrogens is 312 g/mol. The molecule has 3 aromatic carbocycles. The number of phenolic OH excluding ortho intramolecular Hbond substituents is 1. The van der Waals surface area contributed by atoms with Gasteiger partial charge in [-0.1, -0.05) is 36.4 Å². The number of hydrogen-bond acceptors (Lipinski definition) is 3. The van der Waals surface area contributed by atoms with Crippen LogP contribution in [0.25, 0.3) is 0 Å². The first-order valence-corrected chi connectivity index (χ1v) is 7.67. The van der Waals surface area contributed by atoms with Gasteiger partial charge in [-0.25, -0.2) is 0 Å². The van der Waals surface area contributed by atoms with E-state index >= 15 is 0 Å². The van der Waals surface area contributed by atoms with E-state index in [1.165, 1.54) is 6.07 Å². The Morgan fingerprint density at radius 1 is 0.783 bits per heavy atom. The van der Waals surface area contributed by atoms with Crippen LogP contribution in [0.4, 0.5) is 0 Å². The van der Waals surface area contributed by atoms with Crippen LogP contribution < -0.4 is 9.47 Å². The highest BCUT2D eigenvalue weighted by Crippen LogP contribution is 2.41. The van der Waals surface area contributed by atoms with Crippen LogP contribution in [0.5, 0.6) is 28.7 Å². The van der Waals surface area contributed by atoms with Crippen molar-refractivity contribution in [1.82, 2.24) is 0 Å². The monoisotopic (exact) mass is 326 g/mol. The number of phenols is 1. The molecule has 3 aromatic rings. The predicted molar refractivity (Wildman–Crippen MR) is 90.7 cm³/mol. The molecule has 0 saturated heterocycles. The van der Waals surface area contributed by atoms with Gasteiger partial charge >= 0.3 is 0 Å². The number of para-hydroxylation sites is 2. The summed E-state index contributed by atoms with van der Waals surface area (Å²) in [6.45, 7) is 0. The standard InChI is InChI=1S/C19H15ClO3/c20-13-14-11-15(21)12-18(22-16-7-3-1-4-8-16)19(14)23-17-9-5-2-6-10-17/h1-12,21H,13H2. The fourth-order valence-corrected chi connectivity index (χ4v) is 2.36. The van der Waals surface area contributed by atoms with Gasteiger partial charge in [-0.2, -0.15) is 0 Å². The summed E-state index contributed by atoms with van der Waals surface area (Å²) in [6, 6.07) is 21.8. The molecule has 0 aliphatic carbocycles. The van der Waals surface area contributed by atoms with E-state index in [2.05, 4.69) is 0 Å². The van der Waals surface area contributed by atoms with E-state index in [0.29, 0.717) is 28.6 Å². The first kappa shape index (κ1) is 15.3. The molecule has 0 heterocycles. The molecule has 3 nitrogen and oxygen atoms in total. The minimum Gasteiger partial charge on any atom is -0.508 e. The first-order chi connectivity index (χ1) is 11.3. The second-order valence-electron chi connectivity index (χ2n) is 4.90. The largest absolute Gasteiger partial charge is 0.508 e. The number of ether oxygens (including phenoxy) is 2. The second-order valence-corrected chi connectivity index (χ2v) is 5.16. The maximum Gasteiger partial charge on any atom is 0.174 e. The number of aromatic hydroxyl groups is 1. The highest BCUT2D eigenvalue weighted by Gasteiger charge is 2.15. The molecule has 0 unspecified atom stereocenters. The second kappa shape index (κ2) is 7.07. The van der Waals surface area contributed by atoms with E-state index in [9.17, 15) is 5.11 Å². The molecule has 1 N–H and O–H groups in total. The number of halogens is 1. The van der Waals surface area contributed by atoms with Crippen molar-refractivity contribution in [3.63, 3.8) is 0 Å². The molecule has 0 radical (unpaired) electrons. The maximum atomic E-state index is 9.90. The molecule has 0 amide bonds. The summed E-state index contributed by atoms with van der Waals surface area (Å²) in [6.07, 6.45) is 0. The topological polar surface area (TPSA) is 38.7 Å². The number of rotatable bonds is 5. The van der Waals surface area contributed by atoms with Crippen LogP contribution in [0.2, 0.25) is 0 Å². The fraction of sp³-hybridized carbons (Fsp3) is 0.0526. The Hall–Kier alpha value is -2.65. The average Bonchev–Trinajstić information content (AvgIpc) is 2.59. The molecule has 23 heavy (non-hydrogen) atoms. The van der Waals surface area contributed by atoms with Gasteiger partial charge in [0.1, 0.15) is 17.2 Å².